The predicted octanol–water partition coefficient (Wildman–Crippen LogP) is 2.87. The molecule has 1 unspecified atom stereocenters. The smallest absolute Gasteiger partial charge is 0.193 e. The lowest BCUT2D eigenvalue weighted by atomic mass is 9.78. The number of piperidine rings is 1. The zero-order chi connectivity index (χ0) is 12.7. The fourth-order valence-corrected chi connectivity index (χ4v) is 2.88. The number of hydrogen-bond donors (Lipinski definition) is 1. The predicted molar refractivity (Wildman–Crippen MR) is 75.5 cm³/mol. The van der Waals surface area contributed by atoms with Gasteiger partial charge in [-0.3, -0.25) is 4.99 Å². The Bertz CT molecular complexity index is 246. The van der Waals surface area contributed by atoms with Crippen LogP contribution in [0.3, 0.4) is 0 Å². The second kappa shape index (κ2) is 6.87. The van der Waals surface area contributed by atoms with Crippen molar-refractivity contribution in [3.8, 4) is 0 Å². The lowest BCUT2D eigenvalue weighted by molar-refractivity contribution is 0.142. The molecule has 0 aromatic carbocycles. The van der Waals surface area contributed by atoms with Crippen molar-refractivity contribution in [3.63, 3.8) is 0 Å². The summed E-state index contributed by atoms with van der Waals surface area (Å²) in [5, 5.41) is 3.41. The lowest BCUT2D eigenvalue weighted by Gasteiger charge is -2.42. The first-order chi connectivity index (χ1) is 8.15. The zero-order valence-electron chi connectivity index (χ0n) is 12.1. The Morgan fingerprint density at radius 1 is 1.35 bits per heavy atom. The molecule has 1 N–H and O–H groups in total. The van der Waals surface area contributed by atoms with Crippen molar-refractivity contribution < 1.29 is 0 Å². The molecular weight excluding hydrogens is 210 g/mol. The number of likely N-dealkylation sites (tertiary alicyclic amines) is 1. The van der Waals surface area contributed by atoms with E-state index in [9.17, 15) is 0 Å². The van der Waals surface area contributed by atoms with E-state index in [0.717, 1.165) is 32.1 Å². The van der Waals surface area contributed by atoms with E-state index in [2.05, 4.69) is 42.9 Å². The van der Waals surface area contributed by atoms with Gasteiger partial charge >= 0.3 is 0 Å². The van der Waals surface area contributed by atoms with Crippen molar-refractivity contribution in [1.29, 1.82) is 0 Å². The van der Waals surface area contributed by atoms with Crippen molar-refractivity contribution in [3.05, 3.63) is 0 Å². The van der Waals surface area contributed by atoms with Crippen LogP contribution in [0.1, 0.15) is 53.4 Å². The molecule has 3 heteroatoms. The first-order valence-corrected chi connectivity index (χ1v) is 7.18. The third-order valence-corrected chi connectivity index (χ3v) is 3.58. The average molecular weight is 239 g/mol. The van der Waals surface area contributed by atoms with Crippen molar-refractivity contribution in [2.24, 2.45) is 10.4 Å². The van der Waals surface area contributed by atoms with Gasteiger partial charge < -0.3 is 10.2 Å². The first kappa shape index (κ1) is 14.3. The molecule has 1 saturated heterocycles. The van der Waals surface area contributed by atoms with Gasteiger partial charge in [0.25, 0.3) is 0 Å². The van der Waals surface area contributed by atoms with Gasteiger partial charge in [0.2, 0.25) is 0 Å². The third kappa shape index (κ3) is 4.21. The molecule has 0 spiro atoms. The van der Waals surface area contributed by atoms with Crippen LogP contribution in [0.4, 0.5) is 0 Å². The van der Waals surface area contributed by atoms with E-state index in [-0.39, 0.29) is 0 Å². The van der Waals surface area contributed by atoms with Crippen LogP contribution in [-0.2, 0) is 0 Å². The molecule has 1 aliphatic heterocycles. The summed E-state index contributed by atoms with van der Waals surface area (Å²) in [5.74, 6) is 1.11. The quantitative estimate of drug-likeness (QED) is 0.603. The van der Waals surface area contributed by atoms with Gasteiger partial charge in [0.15, 0.2) is 5.96 Å². The molecule has 17 heavy (non-hydrogen) atoms. The van der Waals surface area contributed by atoms with Gasteiger partial charge in [0, 0.05) is 26.2 Å². The fourth-order valence-electron chi connectivity index (χ4n) is 2.88. The molecule has 1 rings (SSSR count). The normalized spacial score (nSPS) is 26.1. The number of aliphatic imine (C=N–C) groups is 1. The summed E-state index contributed by atoms with van der Waals surface area (Å²) in [6.07, 6.45) is 5.27. The molecule has 0 bridgehead atoms. The Morgan fingerprint density at radius 2 is 2.12 bits per heavy atom. The van der Waals surface area contributed by atoms with Gasteiger partial charge in [-0.1, -0.05) is 20.3 Å². The van der Waals surface area contributed by atoms with Gasteiger partial charge in [0.05, 0.1) is 0 Å². The number of guanidine groups is 1. The van der Waals surface area contributed by atoms with Gasteiger partial charge in [-0.15, -0.1) is 0 Å². The van der Waals surface area contributed by atoms with Gasteiger partial charge in [-0.25, -0.2) is 0 Å². The minimum Gasteiger partial charge on any atom is -0.357 e. The van der Waals surface area contributed by atoms with Gasteiger partial charge in [-0.2, -0.15) is 0 Å². The van der Waals surface area contributed by atoms with E-state index in [1.165, 1.54) is 25.7 Å². The van der Waals surface area contributed by atoms with Crippen LogP contribution >= 0.6 is 0 Å². The molecular formula is C14H29N3. The van der Waals surface area contributed by atoms with Crippen LogP contribution in [0.25, 0.3) is 0 Å². The van der Waals surface area contributed by atoms with E-state index in [1.807, 2.05) is 0 Å². The summed E-state index contributed by atoms with van der Waals surface area (Å²) in [5.41, 5.74) is 0.483. The number of nitrogens with zero attached hydrogens (tertiary/aromatic N) is 2. The Labute approximate surface area is 107 Å². The molecule has 0 radical (unpaired) electrons. The maximum Gasteiger partial charge on any atom is 0.193 e. The maximum atomic E-state index is 4.59. The summed E-state index contributed by atoms with van der Waals surface area (Å²) in [6, 6.07) is 0. The molecule has 1 aliphatic rings. The topological polar surface area (TPSA) is 27.6 Å². The average Bonchev–Trinajstić information content (AvgIpc) is 2.29. The number of nitrogens with one attached hydrogen (secondary N) is 1. The molecule has 1 fully saturated rings. The molecule has 1 atom stereocenters. The van der Waals surface area contributed by atoms with Crippen LogP contribution in [0.15, 0.2) is 4.99 Å². The fraction of sp³-hybridized carbons (Fsp3) is 0.929. The molecule has 0 saturated carbocycles. The third-order valence-electron chi connectivity index (χ3n) is 3.58. The Hall–Kier alpha value is -0.730. The van der Waals surface area contributed by atoms with Crippen molar-refractivity contribution >= 4 is 5.96 Å². The Balaban J connectivity index is 2.66. The second-order valence-electron chi connectivity index (χ2n) is 5.41. The highest BCUT2D eigenvalue weighted by atomic mass is 15.3. The van der Waals surface area contributed by atoms with Gasteiger partial charge in [-0.05, 0) is 38.5 Å². The molecule has 0 aliphatic carbocycles. The largest absolute Gasteiger partial charge is 0.357 e. The first-order valence-electron chi connectivity index (χ1n) is 7.18. The van der Waals surface area contributed by atoms with Crippen LogP contribution in [0, 0.1) is 5.41 Å². The SMILES string of the molecule is CCCC1(C)CCCN(C(=NCC)NCC)C1. The number of rotatable bonds is 4. The van der Waals surface area contributed by atoms with E-state index < -0.39 is 0 Å². The second-order valence-corrected chi connectivity index (χ2v) is 5.41. The van der Waals surface area contributed by atoms with Crippen molar-refractivity contribution in [2.75, 3.05) is 26.2 Å². The summed E-state index contributed by atoms with van der Waals surface area (Å²) in [7, 11) is 0. The monoisotopic (exact) mass is 239 g/mol. The van der Waals surface area contributed by atoms with E-state index in [4.69, 9.17) is 0 Å². The maximum absolute atomic E-state index is 4.59. The molecule has 100 valence electrons. The van der Waals surface area contributed by atoms with E-state index in [0.29, 0.717) is 5.41 Å². The zero-order valence-corrected chi connectivity index (χ0v) is 12.1. The minimum atomic E-state index is 0.483. The highest BCUT2D eigenvalue weighted by Crippen LogP contribution is 2.33. The Kier molecular flexibility index (Phi) is 5.79. The van der Waals surface area contributed by atoms with Gasteiger partial charge in [0.1, 0.15) is 0 Å². The summed E-state index contributed by atoms with van der Waals surface area (Å²) < 4.78 is 0. The van der Waals surface area contributed by atoms with Crippen LogP contribution in [-0.4, -0.2) is 37.0 Å². The molecule has 0 amide bonds. The van der Waals surface area contributed by atoms with E-state index in [1.54, 1.807) is 0 Å². The Morgan fingerprint density at radius 3 is 2.71 bits per heavy atom. The van der Waals surface area contributed by atoms with E-state index >= 15 is 0 Å². The summed E-state index contributed by atoms with van der Waals surface area (Å²) >= 11 is 0. The minimum absolute atomic E-state index is 0.483. The molecule has 0 aromatic heterocycles. The van der Waals surface area contributed by atoms with Crippen molar-refractivity contribution in [1.82, 2.24) is 10.2 Å². The highest BCUT2D eigenvalue weighted by molar-refractivity contribution is 5.80. The summed E-state index contributed by atoms with van der Waals surface area (Å²) in [4.78, 5) is 7.05. The van der Waals surface area contributed by atoms with Crippen LogP contribution in [0.2, 0.25) is 0 Å². The highest BCUT2D eigenvalue weighted by Gasteiger charge is 2.31. The molecule has 0 aromatic rings. The standard InChI is InChI=1S/C14H29N3/c1-5-9-14(4)10-8-11-17(12-14)13(15-6-2)16-7-3/h5-12H2,1-4H3,(H,15,16). The van der Waals surface area contributed by atoms with Crippen LogP contribution in [0.5, 0.6) is 0 Å². The van der Waals surface area contributed by atoms with Crippen molar-refractivity contribution in [2.45, 2.75) is 53.4 Å². The molecule has 3 nitrogen and oxygen atoms in total. The summed E-state index contributed by atoms with van der Waals surface area (Å²) in [6.45, 7) is 13.1. The number of hydrogen-bond acceptors (Lipinski definition) is 1. The molecule has 1 heterocycles. The van der Waals surface area contributed by atoms with Crippen LogP contribution < -0.4 is 5.32 Å². The lowest BCUT2D eigenvalue weighted by Crippen LogP contribution is -2.49.